The first-order chi connectivity index (χ1) is 8.76. The number of ether oxygens (including phenoxy) is 1. The van der Waals surface area contributed by atoms with Crippen LogP contribution in [0.3, 0.4) is 0 Å². The smallest absolute Gasteiger partial charge is 0.193 e. The van der Waals surface area contributed by atoms with Crippen LogP contribution in [-0.4, -0.2) is 51.3 Å². The Morgan fingerprint density at radius 2 is 2.11 bits per heavy atom. The molecule has 1 fully saturated rings. The first-order valence-electron chi connectivity index (χ1n) is 7.21. The lowest BCUT2D eigenvalue weighted by atomic mass is 9.87. The minimum Gasteiger partial charge on any atom is -0.383 e. The van der Waals surface area contributed by atoms with Crippen molar-refractivity contribution in [2.45, 2.75) is 33.1 Å². The third-order valence-corrected chi connectivity index (χ3v) is 4.04. The van der Waals surface area contributed by atoms with Crippen LogP contribution < -0.4 is 5.32 Å². The van der Waals surface area contributed by atoms with Crippen LogP contribution in [0.25, 0.3) is 0 Å². The Labute approximate surface area is 135 Å². The van der Waals surface area contributed by atoms with Crippen molar-refractivity contribution in [3.63, 3.8) is 0 Å². The maximum atomic E-state index is 5.06. The quantitative estimate of drug-likeness (QED) is 0.332. The Morgan fingerprint density at radius 1 is 1.42 bits per heavy atom. The second-order valence-electron chi connectivity index (χ2n) is 5.04. The van der Waals surface area contributed by atoms with Gasteiger partial charge in [-0.15, -0.1) is 24.0 Å². The summed E-state index contributed by atoms with van der Waals surface area (Å²) >= 11 is 0. The van der Waals surface area contributed by atoms with Crippen molar-refractivity contribution in [1.82, 2.24) is 10.2 Å². The Morgan fingerprint density at radius 3 is 2.63 bits per heavy atom. The molecule has 1 rings (SSSR count). The molecule has 0 bridgehead atoms. The number of rotatable bonds is 6. The van der Waals surface area contributed by atoms with Gasteiger partial charge in [0.2, 0.25) is 0 Å². The number of likely N-dealkylation sites (tertiary alicyclic amines) is 1. The van der Waals surface area contributed by atoms with E-state index >= 15 is 0 Å². The molecule has 114 valence electrons. The molecule has 0 aliphatic carbocycles. The molecule has 5 heteroatoms. The number of nitrogens with zero attached hydrogens (tertiary/aromatic N) is 2. The molecule has 1 N–H and O–H groups in total. The molecule has 4 nitrogen and oxygen atoms in total. The second kappa shape index (κ2) is 10.7. The first-order valence-corrected chi connectivity index (χ1v) is 7.21. The second-order valence-corrected chi connectivity index (χ2v) is 5.04. The van der Waals surface area contributed by atoms with Crippen molar-refractivity contribution in [2.75, 3.05) is 40.4 Å². The van der Waals surface area contributed by atoms with Crippen LogP contribution in [-0.2, 0) is 4.74 Å². The minimum absolute atomic E-state index is 0. The van der Waals surface area contributed by atoms with E-state index < -0.39 is 0 Å². The third-order valence-electron chi connectivity index (χ3n) is 4.04. The predicted octanol–water partition coefficient (Wildman–Crippen LogP) is 2.58. The molecular weight excluding hydrogens is 353 g/mol. The maximum absolute atomic E-state index is 5.06. The summed E-state index contributed by atoms with van der Waals surface area (Å²) in [7, 11) is 3.59. The molecule has 0 aromatic heterocycles. The minimum atomic E-state index is 0. The Kier molecular flexibility index (Phi) is 10.7. The zero-order chi connectivity index (χ0) is 13.4. The van der Waals surface area contributed by atoms with E-state index in [1.54, 1.807) is 7.11 Å². The first kappa shape index (κ1) is 19.0. The molecule has 0 spiro atoms. The molecule has 0 saturated carbocycles. The molecule has 0 amide bonds. The summed E-state index contributed by atoms with van der Waals surface area (Å²) in [5, 5.41) is 3.36. The van der Waals surface area contributed by atoms with Gasteiger partial charge < -0.3 is 15.0 Å². The Balaban J connectivity index is 0.00000324. The van der Waals surface area contributed by atoms with Crippen LogP contribution in [0.15, 0.2) is 4.99 Å². The Bertz CT molecular complexity index is 257. The van der Waals surface area contributed by atoms with Crippen LogP contribution in [0.1, 0.15) is 33.1 Å². The van der Waals surface area contributed by atoms with Gasteiger partial charge in [-0.25, -0.2) is 0 Å². The maximum Gasteiger partial charge on any atom is 0.193 e. The number of guanidine groups is 1. The number of methoxy groups -OCH3 is 1. The zero-order valence-corrected chi connectivity index (χ0v) is 15.1. The highest BCUT2D eigenvalue weighted by molar-refractivity contribution is 14.0. The molecule has 1 aliphatic heterocycles. The van der Waals surface area contributed by atoms with E-state index in [9.17, 15) is 0 Å². The van der Waals surface area contributed by atoms with Gasteiger partial charge in [0.25, 0.3) is 0 Å². The summed E-state index contributed by atoms with van der Waals surface area (Å²) in [6.45, 7) is 8.45. The van der Waals surface area contributed by atoms with Crippen molar-refractivity contribution in [1.29, 1.82) is 0 Å². The van der Waals surface area contributed by atoms with E-state index in [0.717, 1.165) is 44.0 Å². The predicted molar refractivity (Wildman–Crippen MR) is 92.4 cm³/mol. The van der Waals surface area contributed by atoms with Crippen molar-refractivity contribution in [3.8, 4) is 0 Å². The summed E-state index contributed by atoms with van der Waals surface area (Å²) in [5.74, 6) is 2.73. The van der Waals surface area contributed by atoms with Crippen LogP contribution in [0.5, 0.6) is 0 Å². The molecular formula is C14H30IN3O. The fourth-order valence-corrected chi connectivity index (χ4v) is 2.92. The monoisotopic (exact) mass is 383 g/mol. The lowest BCUT2D eigenvalue weighted by molar-refractivity contribution is 0.202. The van der Waals surface area contributed by atoms with Gasteiger partial charge in [0.15, 0.2) is 5.96 Å². The molecule has 1 heterocycles. The summed E-state index contributed by atoms with van der Waals surface area (Å²) in [5.41, 5.74) is 0. The molecule has 19 heavy (non-hydrogen) atoms. The number of aliphatic imine (C=N–C) groups is 1. The van der Waals surface area contributed by atoms with E-state index in [1.165, 1.54) is 19.3 Å². The van der Waals surface area contributed by atoms with Gasteiger partial charge in [-0.3, -0.25) is 4.99 Å². The number of nitrogens with one attached hydrogen (secondary N) is 1. The number of hydrogen-bond acceptors (Lipinski definition) is 2. The average Bonchev–Trinajstić information content (AvgIpc) is 2.86. The largest absolute Gasteiger partial charge is 0.383 e. The SMILES string of the molecule is CCC(CC)C1CCN(C(=NC)NCCOC)C1.I. The topological polar surface area (TPSA) is 36.9 Å². The van der Waals surface area contributed by atoms with Gasteiger partial charge in [-0.05, 0) is 18.3 Å². The lowest BCUT2D eigenvalue weighted by Crippen LogP contribution is -2.41. The van der Waals surface area contributed by atoms with Crippen molar-refractivity contribution in [3.05, 3.63) is 0 Å². The highest BCUT2D eigenvalue weighted by Gasteiger charge is 2.29. The Hall–Kier alpha value is -0.0400. The lowest BCUT2D eigenvalue weighted by Gasteiger charge is -2.24. The van der Waals surface area contributed by atoms with Crippen LogP contribution in [0, 0.1) is 11.8 Å². The van der Waals surface area contributed by atoms with Gasteiger partial charge in [-0.1, -0.05) is 26.7 Å². The van der Waals surface area contributed by atoms with E-state index in [2.05, 4.69) is 29.1 Å². The van der Waals surface area contributed by atoms with E-state index in [4.69, 9.17) is 4.74 Å². The number of halogens is 1. The van der Waals surface area contributed by atoms with E-state index in [1.807, 2.05) is 7.05 Å². The molecule has 1 aliphatic rings. The zero-order valence-electron chi connectivity index (χ0n) is 12.8. The molecule has 1 unspecified atom stereocenters. The van der Waals surface area contributed by atoms with Crippen LogP contribution >= 0.6 is 24.0 Å². The van der Waals surface area contributed by atoms with Gasteiger partial charge >= 0.3 is 0 Å². The molecule has 0 aromatic carbocycles. The molecule has 1 saturated heterocycles. The number of hydrogen-bond donors (Lipinski definition) is 1. The van der Waals surface area contributed by atoms with Gasteiger partial charge in [0.05, 0.1) is 6.61 Å². The summed E-state index contributed by atoms with van der Waals surface area (Å²) in [6, 6.07) is 0. The van der Waals surface area contributed by atoms with Crippen molar-refractivity contribution >= 4 is 29.9 Å². The van der Waals surface area contributed by atoms with Crippen molar-refractivity contribution < 1.29 is 4.74 Å². The normalized spacial score (nSPS) is 19.7. The summed E-state index contributed by atoms with van der Waals surface area (Å²) in [6.07, 6.45) is 3.90. The fourth-order valence-electron chi connectivity index (χ4n) is 2.92. The van der Waals surface area contributed by atoms with Crippen LogP contribution in [0.2, 0.25) is 0 Å². The molecule has 0 radical (unpaired) electrons. The highest BCUT2D eigenvalue weighted by atomic mass is 127. The molecule has 0 aromatic rings. The van der Waals surface area contributed by atoms with Gasteiger partial charge in [0, 0.05) is 33.8 Å². The third kappa shape index (κ3) is 5.85. The summed E-state index contributed by atoms with van der Waals surface area (Å²) < 4.78 is 5.06. The van der Waals surface area contributed by atoms with Gasteiger partial charge in [-0.2, -0.15) is 0 Å². The standard InChI is InChI=1S/C14H29N3O.HI/c1-5-12(6-2)13-7-9-17(11-13)14(15-3)16-8-10-18-4;/h12-13H,5-11H2,1-4H3,(H,15,16);1H. The van der Waals surface area contributed by atoms with Crippen molar-refractivity contribution in [2.24, 2.45) is 16.8 Å². The van der Waals surface area contributed by atoms with E-state index in [0.29, 0.717) is 0 Å². The summed E-state index contributed by atoms with van der Waals surface area (Å²) in [4.78, 5) is 6.75. The fraction of sp³-hybridized carbons (Fsp3) is 0.929. The molecule has 1 atom stereocenters. The van der Waals surface area contributed by atoms with Gasteiger partial charge in [0.1, 0.15) is 0 Å². The average molecular weight is 383 g/mol. The highest BCUT2D eigenvalue weighted by Crippen LogP contribution is 2.28. The van der Waals surface area contributed by atoms with E-state index in [-0.39, 0.29) is 24.0 Å². The van der Waals surface area contributed by atoms with Crippen LogP contribution in [0.4, 0.5) is 0 Å².